The van der Waals surface area contributed by atoms with Crippen LogP contribution in [0.15, 0.2) is 48.5 Å². The Labute approximate surface area is 235 Å². The van der Waals surface area contributed by atoms with Crippen LogP contribution in [-0.4, -0.2) is 20.2 Å². The van der Waals surface area contributed by atoms with E-state index in [1.165, 1.54) is 31.9 Å². The first-order valence-corrected chi connectivity index (χ1v) is 14.0. The number of hydrogen-bond acceptors (Lipinski definition) is 4. The summed E-state index contributed by atoms with van der Waals surface area (Å²) in [6, 6.07) is 13.9. The minimum absolute atomic E-state index is 0.0416. The number of carbonyl (C=O) groups is 1. The van der Waals surface area contributed by atoms with Crippen LogP contribution in [0.3, 0.4) is 0 Å². The second kappa shape index (κ2) is 10.9. The van der Waals surface area contributed by atoms with Crippen molar-refractivity contribution in [2.24, 2.45) is 5.41 Å². The van der Waals surface area contributed by atoms with E-state index in [-0.39, 0.29) is 34.9 Å². The van der Waals surface area contributed by atoms with Gasteiger partial charge in [0.05, 0.1) is 20.6 Å². The first-order chi connectivity index (χ1) is 19.0. The molecule has 0 radical (unpaired) electrons. The largest absolute Gasteiger partial charge is 0.497 e. The molecule has 3 aromatic carbocycles. The molecule has 6 heteroatoms. The molecular formula is C34H38F2O4. The predicted octanol–water partition coefficient (Wildman–Crippen LogP) is 8.28. The lowest BCUT2D eigenvalue weighted by Gasteiger charge is -2.30. The normalized spacial score (nSPS) is 21.2. The topological polar surface area (TPSA) is 44.8 Å². The molecule has 1 fully saturated rings. The average Bonchev–Trinajstić information content (AvgIpc) is 3.45. The molecule has 2 atom stereocenters. The van der Waals surface area contributed by atoms with Crippen molar-refractivity contribution in [2.75, 3.05) is 14.2 Å². The molecule has 2 aliphatic rings. The fraction of sp³-hybridized carbons (Fsp3) is 0.441. The van der Waals surface area contributed by atoms with Gasteiger partial charge in [-0.2, -0.15) is 0 Å². The van der Waals surface area contributed by atoms with Crippen LogP contribution >= 0.6 is 0 Å². The summed E-state index contributed by atoms with van der Waals surface area (Å²) in [4.78, 5) is 12.1. The minimum Gasteiger partial charge on any atom is -0.497 e. The number of ether oxygens (including phenoxy) is 3. The summed E-state index contributed by atoms with van der Waals surface area (Å²) < 4.78 is 47.5. The van der Waals surface area contributed by atoms with Crippen LogP contribution < -0.4 is 9.47 Å². The molecule has 3 aromatic rings. The molecule has 2 aliphatic carbocycles. The lowest BCUT2D eigenvalue weighted by Crippen LogP contribution is -2.23. The van der Waals surface area contributed by atoms with Crippen molar-refractivity contribution in [3.63, 3.8) is 0 Å². The second-order valence-corrected chi connectivity index (χ2v) is 12.2. The number of esters is 1. The van der Waals surface area contributed by atoms with E-state index in [1.54, 1.807) is 12.1 Å². The quantitative estimate of drug-likeness (QED) is 0.266. The maximum Gasteiger partial charge on any atom is 0.306 e. The number of carbonyl (C=O) groups excluding carboxylic acids is 1. The van der Waals surface area contributed by atoms with Crippen LogP contribution in [0.1, 0.15) is 81.0 Å². The second-order valence-electron chi connectivity index (χ2n) is 12.2. The van der Waals surface area contributed by atoms with Crippen LogP contribution in [0, 0.1) is 17.0 Å². The van der Waals surface area contributed by atoms with E-state index in [9.17, 15) is 4.79 Å². The van der Waals surface area contributed by atoms with Gasteiger partial charge in [0.2, 0.25) is 0 Å². The lowest BCUT2D eigenvalue weighted by molar-refractivity contribution is -0.142. The highest BCUT2D eigenvalue weighted by atomic mass is 19.1. The van der Waals surface area contributed by atoms with Crippen molar-refractivity contribution >= 4 is 5.97 Å². The van der Waals surface area contributed by atoms with Crippen molar-refractivity contribution in [1.82, 2.24) is 0 Å². The molecule has 0 heterocycles. The number of aryl methyl sites for hydroxylation is 1. The molecule has 0 spiro atoms. The minimum atomic E-state index is -0.478. The first-order valence-electron chi connectivity index (χ1n) is 14.0. The van der Waals surface area contributed by atoms with Gasteiger partial charge in [0, 0.05) is 16.5 Å². The number of benzene rings is 3. The van der Waals surface area contributed by atoms with E-state index in [4.69, 9.17) is 14.2 Å². The number of hydrogen-bond donors (Lipinski definition) is 0. The third-order valence-electron chi connectivity index (χ3n) is 9.10. The number of rotatable bonds is 8. The monoisotopic (exact) mass is 548 g/mol. The van der Waals surface area contributed by atoms with E-state index in [2.05, 4.69) is 26.8 Å². The maximum atomic E-state index is 16.0. The molecule has 1 unspecified atom stereocenters. The molecule has 0 aliphatic heterocycles. The first kappa shape index (κ1) is 28.1. The van der Waals surface area contributed by atoms with Crippen molar-refractivity contribution in [3.05, 3.63) is 82.4 Å². The van der Waals surface area contributed by atoms with Gasteiger partial charge in [-0.1, -0.05) is 39.3 Å². The number of halogens is 2. The van der Waals surface area contributed by atoms with Gasteiger partial charge in [-0.3, -0.25) is 4.79 Å². The van der Waals surface area contributed by atoms with Crippen LogP contribution in [0.25, 0.3) is 11.1 Å². The highest BCUT2D eigenvalue weighted by Crippen LogP contribution is 2.52. The Morgan fingerprint density at radius 1 is 0.950 bits per heavy atom. The molecule has 0 aromatic heterocycles. The van der Waals surface area contributed by atoms with Gasteiger partial charge in [0.1, 0.15) is 29.7 Å². The van der Waals surface area contributed by atoms with Crippen LogP contribution in [0.5, 0.6) is 11.5 Å². The summed E-state index contributed by atoms with van der Waals surface area (Å²) in [5, 5.41) is 0. The van der Waals surface area contributed by atoms with Gasteiger partial charge in [-0.25, -0.2) is 8.78 Å². The molecule has 212 valence electrons. The molecule has 0 N–H and O–H groups in total. The standard InChI is InChI=1S/C34H38F2O4/c1-33(2)13-6-7-27(33)25-15-21(16-30(36)32(25)26-17-23(38-4)10-11-29(26)35)20-40-24-9-8-22-12-14-34(3,28(22)18-24)19-31(37)39-5/h8-11,15-18,27H,6-7,12-14,19-20H2,1-5H3/t27?,34-/m1/s1. The number of fused-ring (bicyclic) bond motifs is 1. The van der Waals surface area contributed by atoms with Gasteiger partial charge in [-0.15, -0.1) is 0 Å². The van der Waals surface area contributed by atoms with Crippen molar-refractivity contribution in [2.45, 2.75) is 77.2 Å². The van der Waals surface area contributed by atoms with Crippen LogP contribution in [0.2, 0.25) is 0 Å². The highest BCUT2D eigenvalue weighted by molar-refractivity contribution is 5.72. The van der Waals surface area contributed by atoms with Gasteiger partial charge in [0.25, 0.3) is 0 Å². The summed E-state index contributed by atoms with van der Waals surface area (Å²) in [7, 11) is 2.93. The zero-order valence-electron chi connectivity index (χ0n) is 24.0. The Bertz CT molecular complexity index is 1430. The van der Waals surface area contributed by atoms with Gasteiger partial charge in [0.15, 0.2) is 0 Å². The Morgan fingerprint density at radius 3 is 2.42 bits per heavy atom. The zero-order valence-corrected chi connectivity index (χ0v) is 24.0. The molecular weight excluding hydrogens is 510 g/mol. The predicted molar refractivity (Wildman–Crippen MR) is 152 cm³/mol. The van der Waals surface area contributed by atoms with E-state index in [0.717, 1.165) is 43.2 Å². The molecule has 40 heavy (non-hydrogen) atoms. The highest BCUT2D eigenvalue weighted by Gasteiger charge is 2.39. The Morgan fingerprint density at radius 2 is 1.73 bits per heavy atom. The van der Waals surface area contributed by atoms with E-state index in [1.807, 2.05) is 18.2 Å². The zero-order chi connectivity index (χ0) is 28.7. The van der Waals surface area contributed by atoms with E-state index >= 15 is 8.78 Å². The Hall–Kier alpha value is -3.41. The third kappa shape index (κ3) is 5.33. The number of methoxy groups -OCH3 is 2. The molecule has 4 nitrogen and oxygen atoms in total. The molecule has 0 amide bonds. The van der Waals surface area contributed by atoms with Crippen molar-refractivity contribution in [1.29, 1.82) is 0 Å². The Balaban J connectivity index is 1.48. The average molecular weight is 549 g/mol. The fourth-order valence-electron chi connectivity index (χ4n) is 6.77. The van der Waals surface area contributed by atoms with Crippen molar-refractivity contribution < 1.29 is 27.8 Å². The van der Waals surface area contributed by atoms with Crippen LogP contribution in [-0.2, 0) is 28.0 Å². The lowest BCUT2D eigenvalue weighted by atomic mass is 9.75. The molecule has 1 saturated carbocycles. The van der Waals surface area contributed by atoms with E-state index < -0.39 is 11.6 Å². The Kier molecular flexibility index (Phi) is 7.64. The smallest absolute Gasteiger partial charge is 0.306 e. The fourth-order valence-corrected chi connectivity index (χ4v) is 6.77. The molecule has 0 saturated heterocycles. The van der Waals surface area contributed by atoms with Crippen LogP contribution in [0.4, 0.5) is 8.78 Å². The summed E-state index contributed by atoms with van der Waals surface area (Å²) in [6.45, 7) is 6.66. The summed E-state index contributed by atoms with van der Waals surface area (Å²) in [5.41, 5.74) is 3.98. The maximum absolute atomic E-state index is 16.0. The summed E-state index contributed by atoms with van der Waals surface area (Å²) in [6.07, 6.45) is 5.07. The summed E-state index contributed by atoms with van der Waals surface area (Å²) >= 11 is 0. The molecule has 0 bridgehead atoms. The van der Waals surface area contributed by atoms with Gasteiger partial charge in [-0.05, 0) is 95.7 Å². The SMILES string of the molecule is COC(=O)C[C@@]1(C)CCc2ccc(OCc3cc(F)c(-c4cc(OC)ccc4F)c(C4CCCC4(C)C)c3)cc21. The van der Waals surface area contributed by atoms with E-state index in [0.29, 0.717) is 29.0 Å². The van der Waals surface area contributed by atoms with Crippen molar-refractivity contribution in [3.8, 4) is 22.6 Å². The summed E-state index contributed by atoms with van der Waals surface area (Å²) in [5.74, 6) is 0.0616. The third-order valence-corrected chi connectivity index (χ3v) is 9.10. The van der Waals surface area contributed by atoms with Gasteiger partial charge >= 0.3 is 5.97 Å². The van der Waals surface area contributed by atoms with Gasteiger partial charge < -0.3 is 14.2 Å². The molecule has 5 rings (SSSR count).